The SMILES string of the molecule is C/C(=N/NC(=O)CCc1ccccc1O)c1cc(O)ccc1O. The van der Waals surface area contributed by atoms with Crippen molar-refractivity contribution in [3.63, 3.8) is 0 Å². The van der Waals surface area contributed by atoms with Gasteiger partial charge in [-0.3, -0.25) is 4.79 Å². The number of phenolic OH excluding ortho intramolecular Hbond substituents is 3. The summed E-state index contributed by atoms with van der Waals surface area (Å²) in [4.78, 5) is 11.8. The number of carbonyl (C=O) groups is 1. The van der Waals surface area contributed by atoms with Crippen LogP contribution in [0, 0.1) is 0 Å². The number of aryl methyl sites for hydroxylation is 1. The van der Waals surface area contributed by atoms with Crippen LogP contribution in [0.4, 0.5) is 0 Å². The molecular formula is C17H18N2O4. The number of benzene rings is 2. The van der Waals surface area contributed by atoms with Crippen molar-refractivity contribution in [2.24, 2.45) is 5.10 Å². The van der Waals surface area contributed by atoms with E-state index < -0.39 is 0 Å². The Morgan fingerprint density at radius 3 is 2.57 bits per heavy atom. The summed E-state index contributed by atoms with van der Waals surface area (Å²) in [6.07, 6.45) is 0.560. The molecule has 0 saturated heterocycles. The molecular weight excluding hydrogens is 296 g/mol. The fraction of sp³-hybridized carbons (Fsp3) is 0.176. The molecule has 2 aromatic carbocycles. The molecule has 0 aromatic heterocycles. The van der Waals surface area contributed by atoms with E-state index in [9.17, 15) is 20.1 Å². The van der Waals surface area contributed by atoms with Gasteiger partial charge in [-0.2, -0.15) is 5.10 Å². The Hall–Kier alpha value is -3.02. The molecule has 0 unspecified atom stereocenters. The highest BCUT2D eigenvalue weighted by Crippen LogP contribution is 2.22. The normalized spacial score (nSPS) is 11.3. The van der Waals surface area contributed by atoms with E-state index in [1.54, 1.807) is 31.2 Å². The van der Waals surface area contributed by atoms with Gasteiger partial charge in [0.1, 0.15) is 17.2 Å². The van der Waals surface area contributed by atoms with Gasteiger partial charge >= 0.3 is 0 Å². The third kappa shape index (κ3) is 4.47. The van der Waals surface area contributed by atoms with Crippen LogP contribution in [0.15, 0.2) is 47.6 Å². The van der Waals surface area contributed by atoms with Crippen LogP contribution in [0.1, 0.15) is 24.5 Å². The van der Waals surface area contributed by atoms with Gasteiger partial charge in [-0.1, -0.05) is 18.2 Å². The minimum Gasteiger partial charge on any atom is -0.508 e. The third-order valence-corrected chi connectivity index (χ3v) is 3.33. The van der Waals surface area contributed by atoms with Crippen molar-refractivity contribution >= 4 is 11.6 Å². The lowest BCUT2D eigenvalue weighted by atomic mass is 10.1. The van der Waals surface area contributed by atoms with Crippen molar-refractivity contribution in [2.45, 2.75) is 19.8 Å². The van der Waals surface area contributed by atoms with Crippen LogP contribution in [0.25, 0.3) is 0 Å². The van der Waals surface area contributed by atoms with E-state index in [1.165, 1.54) is 18.2 Å². The maximum Gasteiger partial charge on any atom is 0.240 e. The summed E-state index contributed by atoms with van der Waals surface area (Å²) < 4.78 is 0. The zero-order chi connectivity index (χ0) is 16.8. The Bertz CT molecular complexity index is 741. The van der Waals surface area contributed by atoms with Crippen molar-refractivity contribution in [2.75, 3.05) is 0 Å². The molecule has 0 radical (unpaired) electrons. The zero-order valence-corrected chi connectivity index (χ0v) is 12.7. The number of nitrogens with one attached hydrogen (secondary N) is 1. The zero-order valence-electron chi connectivity index (χ0n) is 12.7. The smallest absolute Gasteiger partial charge is 0.240 e. The number of hydrazone groups is 1. The molecule has 0 aliphatic heterocycles. The number of amides is 1. The van der Waals surface area contributed by atoms with Crippen molar-refractivity contribution < 1.29 is 20.1 Å². The standard InChI is InChI=1S/C17H18N2O4/c1-11(14-10-13(20)7-8-16(14)22)18-19-17(23)9-6-12-4-2-3-5-15(12)21/h2-5,7-8,10,20-22H,6,9H2,1H3,(H,19,23)/b18-11-. The van der Waals surface area contributed by atoms with Crippen molar-refractivity contribution in [3.8, 4) is 17.2 Å². The molecule has 0 bridgehead atoms. The average Bonchev–Trinajstić information content (AvgIpc) is 2.54. The molecule has 4 N–H and O–H groups in total. The fourth-order valence-corrected chi connectivity index (χ4v) is 2.05. The Kier molecular flexibility index (Phi) is 5.19. The minimum atomic E-state index is -0.313. The molecule has 1 amide bonds. The van der Waals surface area contributed by atoms with E-state index in [1.807, 2.05) is 0 Å². The van der Waals surface area contributed by atoms with E-state index in [-0.39, 0.29) is 29.6 Å². The van der Waals surface area contributed by atoms with Gasteiger partial charge in [0, 0.05) is 12.0 Å². The van der Waals surface area contributed by atoms with Gasteiger partial charge in [0.05, 0.1) is 5.71 Å². The molecule has 120 valence electrons. The van der Waals surface area contributed by atoms with Crippen molar-refractivity contribution in [1.29, 1.82) is 0 Å². The second-order valence-corrected chi connectivity index (χ2v) is 5.06. The van der Waals surface area contributed by atoms with Crippen LogP contribution >= 0.6 is 0 Å². The first-order valence-corrected chi connectivity index (χ1v) is 7.09. The molecule has 2 rings (SSSR count). The lowest BCUT2D eigenvalue weighted by Gasteiger charge is -2.06. The van der Waals surface area contributed by atoms with E-state index in [2.05, 4.69) is 10.5 Å². The number of para-hydroxylation sites is 1. The molecule has 2 aromatic rings. The number of hydrogen-bond donors (Lipinski definition) is 4. The minimum absolute atomic E-state index is 0.00164. The molecule has 0 aliphatic carbocycles. The van der Waals surface area contributed by atoms with Crippen LogP contribution in [0.3, 0.4) is 0 Å². The second-order valence-electron chi connectivity index (χ2n) is 5.06. The summed E-state index contributed by atoms with van der Waals surface area (Å²) >= 11 is 0. The van der Waals surface area contributed by atoms with Gasteiger partial charge in [0.2, 0.25) is 5.91 Å². The molecule has 0 saturated carbocycles. The summed E-state index contributed by atoms with van der Waals surface area (Å²) in [6.45, 7) is 1.61. The number of hydrogen-bond acceptors (Lipinski definition) is 5. The van der Waals surface area contributed by atoms with E-state index in [4.69, 9.17) is 0 Å². The number of aromatic hydroxyl groups is 3. The first kappa shape index (κ1) is 16.4. The van der Waals surface area contributed by atoms with Crippen LogP contribution in [-0.4, -0.2) is 26.9 Å². The predicted molar refractivity (Wildman–Crippen MR) is 86.6 cm³/mol. The average molecular weight is 314 g/mol. The lowest BCUT2D eigenvalue weighted by molar-refractivity contribution is -0.121. The molecule has 0 fully saturated rings. The maximum atomic E-state index is 11.8. The van der Waals surface area contributed by atoms with Gasteiger partial charge in [0.15, 0.2) is 0 Å². The monoisotopic (exact) mass is 314 g/mol. The second kappa shape index (κ2) is 7.31. The third-order valence-electron chi connectivity index (χ3n) is 3.33. The van der Waals surface area contributed by atoms with Gasteiger partial charge in [-0.25, -0.2) is 5.43 Å². The van der Waals surface area contributed by atoms with Crippen LogP contribution < -0.4 is 5.43 Å². The summed E-state index contributed by atoms with van der Waals surface area (Å²) in [6, 6.07) is 10.9. The first-order chi connectivity index (χ1) is 11.0. The van der Waals surface area contributed by atoms with E-state index in [0.717, 1.165) is 0 Å². The highest BCUT2D eigenvalue weighted by Gasteiger charge is 2.08. The number of rotatable bonds is 5. The summed E-state index contributed by atoms with van der Waals surface area (Å²) in [5, 5.41) is 32.7. The molecule has 6 heteroatoms. The summed E-state index contributed by atoms with van der Waals surface area (Å²) in [5.41, 5.74) is 3.79. The predicted octanol–water partition coefficient (Wildman–Crippen LogP) is 2.28. The molecule has 0 spiro atoms. The highest BCUT2D eigenvalue weighted by molar-refractivity contribution is 6.01. The van der Waals surface area contributed by atoms with E-state index >= 15 is 0 Å². The van der Waals surface area contributed by atoms with Crippen LogP contribution in [-0.2, 0) is 11.2 Å². The maximum absolute atomic E-state index is 11.8. The van der Waals surface area contributed by atoms with Crippen LogP contribution in [0.5, 0.6) is 17.2 Å². The van der Waals surface area contributed by atoms with Gasteiger partial charge in [-0.15, -0.1) is 0 Å². The largest absolute Gasteiger partial charge is 0.508 e. The molecule has 0 heterocycles. The van der Waals surface area contributed by atoms with Crippen LogP contribution in [0.2, 0.25) is 0 Å². The Morgan fingerprint density at radius 2 is 1.83 bits per heavy atom. The number of phenols is 3. The quantitative estimate of drug-likeness (QED) is 0.386. The lowest BCUT2D eigenvalue weighted by Crippen LogP contribution is -2.19. The summed E-state index contributed by atoms with van der Waals surface area (Å²) in [5.74, 6) is -0.192. The molecule has 6 nitrogen and oxygen atoms in total. The topological polar surface area (TPSA) is 102 Å². The Labute approximate surface area is 133 Å². The van der Waals surface area contributed by atoms with E-state index in [0.29, 0.717) is 23.3 Å². The Morgan fingerprint density at radius 1 is 1.09 bits per heavy atom. The molecule has 0 atom stereocenters. The Balaban J connectivity index is 1.95. The number of carbonyl (C=O) groups excluding carboxylic acids is 1. The van der Waals surface area contributed by atoms with Gasteiger partial charge in [-0.05, 0) is 43.2 Å². The first-order valence-electron chi connectivity index (χ1n) is 7.09. The molecule has 0 aliphatic rings. The van der Waals surface area contributed by atoms with Crippen molar-refractivity contribution in [1.82, 2.24) is 5.43 Å². The van der Waals surface area contributed by atoms with Gasteiger partial charge < -0.3 is 15.3 Å². The summed E-state index contributed by atoms with van der Waals surface area (Å²) in [7, 11) is 0. The highest BCUT2D eigenvalue weighted by atomic mass is 16.3. The fourth-order valence-electron chi connectivity index (χ4n) is 2.05. The molecule has 23 heavy (non-hydrogen) atoms. The van der Waals surface area contributed by atoms with Crippen molar-refractivity contribution in [3.05, 3.63) is 53.6 Å². The van der Waals surface area contributed by atoms with Gasteiger partial charge in [0.25, 0.3) is 0 Å². The number of nitrogens with zero attached hydrogens (tertiary/aromatic N) is 1.